The summed E-state index contributed by atoms with van der Waals surface area (Å²) in [5.41, 5.74) is 2.39. The SMILES string of the molecule is CCN(CC)CCOc1cc(Cl)cc(N2CCNCC2)c1C. The lowest BCUT2D eigenvalue weighted by Gasteiger charge is -2.31. The minimum absolute atomic E-state index is 0.698. The molecular formula is C17H28ClN3O. The van der Waals surface area contributed by atoms with Gasteiger partial charge in [0.25, 0.3) is 0 Å². The van der Waals surface area contributed by atoms with Crippen molar-refractivity contribution in [3.63, 3.8) is 0 Å². The van der Waals surface area contributed by atoms with Crippen LogP contribution < -0.4 is 15.0 Å². The van der Waals surface area contributed by atoms with E-state index in [0.717, 1.165) is 56.6 Å². The van der Waals surface area contributed by atoms with Gasteiger partial charge < -0.3 is 19.9 Å². The molecule has 1 heterocycles. The van der Waals surface area contributed by atoms with Gasteiger partial charge in [0, 0.05) is 49.0 Å². The maximum Gasteiger partial charge on any atom is 0.125 e. The Balaban J connectivity index is 2.06. The molecule has 1 N–H and O–H groups in total. The quantitative estimate of drug-likeness (QED) is 0.834. The van der Waals surface area contributed by atoms with Crippen LogP contribution in [-0.4, -0.2) is 57.3 Å². The third kappa shape index (κ3) is 4.51. The zero-order valence-electron chi connectivity index (χ0n) is 14.0. The molecule has 0 amide bonds. The summed E-state index contributed by atoms with van der Waals surface area (Å²) < 4.78 is 6.01. The third-order valence-electron chi connectivity index (χ3n) is 4.31. The van der Waals surface area contributed by atoms with Gasteiger partial charge in [-0.1, -0.05) is 25.4 Å². The lowest BCUT2D eigenvalue weighted by atomic mass is 10.1. The number of anilines is 1. The van der Waals surface area contributed by atoms with E-state index in [1.807, 2.05) is 6.07 Å². The Hall–Kier alpha value is -0.970. The molecule has 0 aromatic heterocycles. The number of nitrogens with zero attached hydrogens (tertiary/aromatic N) is 2. The summed E-state index contributed by atoms with van der Waals surface area (Å²) in [6, 6.07) is 3.99. The Morgan fingerprint density at radius 1 is 1.23 bits per heavy atom. The van der Waals surface area contributed by atoms with Crippen molar-refractivity contribution >= 4 is 17.3 Å². The summed E-state index contributed by atoms with van der Waals surface area (Å²) in [5.74, 6) is 0.910. The minimum atomic E-state index is 0.698. The van der Waals surface area contributed by atoms with Gasteiger partial charge in [-0.3, -0.25) is 0 Å². The lowest BCUT2D eigenvalue weighted by Crippen LogP contribution is -2.43. The summed E-state index contributed by atoms with van der Waals surface area (Å²) in [4.78, 5) is 4.74. The number of nitrogens with one attached hydrogen (secondary N) is 1. The molecule has 1 saturated heterocycles. The van der Waals surface area contributed by atoms with Crippen LogP contribution >= 0.6 is 11.6 Å². The van der Waals surface area contributed by atoms with Crippen LogP contribution in [0.25, 0.3) is 0 Å². The molecule has 1 fully saturated rings. The molecule has 4 nitrogen and oxygen atoms in total. The van der Waals surface area contributed by atoms with Crippen molar-refractivity contribution in [1.29, 1.82) is 0 Å². The molecule has 1 aromatic rings. The molecule has 0 radical (unpaired) electrons. The van der Waals surface area contributed by atoms with Crippen LogP contribution in [0.15, 0.2) is 12.1 Å². The van der Waals surface area contributed by atoms with Crippen LogP contribution in [0, 0.1) is 6.92 Å². The van der Waals surface area contributed by atoms with Gasteiger partial charge in [0.15, 0.2) is 0 Å². The average molecular weight is 326 g/mol. The van der Waals surface area contributed by atoms with Crippen molar-refractivity contribution in [2.45, 2.75) is 20.8 Å². The fraction of sp³-hybridized carbons (Fsp3) is 0.647. The average Bonchev–Trinajstić information content (AvgIpc) is 2.55. The van der Waals surface area contributed by atoms with Crippen molar-refractivity contribution in [2.24, 2.45) is 0 Å². The summed E-state index contributed by atoms with van der Waals surface area (Å²) in [5, 5.41) is 4.13. The van der Waals surface area contributed by atoms with Crippen molar-refractivity contribution in [1.82, 2.24) is 10.2 Å². The zero-order valence-corrected chi connectivity index (χ0v) is 14.7. The number of benzene rings is 1. The number of halogens is 1. The monoisotopic (exact) mass is 325 g/mol. The summed E-state index contributed by atoms with van der Waals surface area (Å²) in [6.07, 6.45) is 0. The van der Waals surface area contributed by atoms with E-state index in [-0.39, 0.29) is 0 Å². The molecule has 0 atom stereocenters. The minimum Gasteiger partial charge on any atom is -0.492 e. The molecule has 2 rings (SSSR count). The first-order chi connectivity index (χ1) is 10.7. The molecular weight excluding hydrogens is 298 g/mol. The number of piperazine rings is 1. The van der Waals surface area contributed by atoms with Gasteiger partial charge in [0.05, 0.1) is 0 Å². The van der Waals surface area contributed by atoms with Crippen LogP contribution in [0.3, 0.4) is 0 Å². The topological polar surface area (TPSA) is 27.7 Å². The molecule has 124 valence electrons. The van der Waals surface area contributed by atoms with Crippen molar-refractivity contribution in [2.75, 3.05) is 57.3 Å². The largest absolute Gasteiger partial charge is 0.492 e. The fourth-order valence-corrected chi connectivity index (χ4v) is 3.05. The van der Waals surface area contributed by atoms with E-state index in [2.05, 4.69) is 42.0 Å². The van der Waals surface area contributed by atoms with E-state index >= 15 is 0 Å². The van der Waals surface area contributed by atoms with Gasteiger partial charge in [0.2, 0.25) is 0 Å². The molecule has 0 aliphatic carbocycles. The van der Waals surface area contributed by atoms with Gasteiger partial charge >= 0.3 is 0 Å². The van der Waals surface area contributed by atoms with Crippen LogP contribution in [0.4, 0.5) is 5.69 Å². The second kappa shape index (κ2) is 8.61. The Bertz CT molecular complexity index is 471. The Labute approximate surface area is 139 Å². The lowest BCUT2D eigenvalue weighted by molar-refractivity contribution is 0.222. The molecule has 0 saturated carbocycles. The number of hydrogen-bond donors (Lipinski definition) is 1. The second-order valence-electron chi connectivity index (χ2n) is 5.66. The van der Waals surface area contributed by atoms with E-state index in [9.17, 15) is 0 Å². The highest BCUT2D eigenvalue weighted by atomic mass is 35.5. The number of rotatable bonds is 7. The fourth-order valence-electron chi connectivity index (χ4n) is 2.85. The summed E-state index contributed by atoms with van der Waals surface area (Å²) >= 11 is 6.30. The van der Waals surface area contributed by atoms with Crippen LogP contribution in [-0.2, 0) is 0 Å². The Kier molecular flexibility index (Phi) is 6.80. The first kappa shape index (κ1) is 17.4. The number of ether oxygens (including phenoxy) is 1. The smallest absolute Gasteiger partial charge is 0.125 e. The Morgan fingerprint density at radius 3 is 2.55 bits per heavy atom. The van der Waals surface area contributed by atoms with Crippen LogP contribution in [0.5, 0.6) is 5.75 Å². The van der Waals surface area contributed by atoms with Crippen LogP contribution in [0.1, 0.15) is 19.4 Å². The first-order valence-electron chi connectivity index (χ1n) is 8.26. The molecule has 0 bridgehead atoms. The van der Waals surface area contributed by atoms with Gasteiger partial charge in [-0.15, -0.1) is 0 Å². The molecule has 1 aliphatic rings. The van der Waals surface area contributed by atoms with E-state index in [1.54, 1.807) is 0 Å². The predicted octanol–water partition coefficient (Wildman–Crippen LogP) is 2.78. The maximum atomic E-state index is 6.30. The highest BCUT2D eigenvalue weighted by molar-refractivity contribution is 6.31. The Morgan fingerprint density at radius 2 is 1.91 bits per heavy atom. The van der Waals surface area contributed by atoms with E-state index in [0.29, 0.717) is 6.61 Å². The zero-order chi connectivity index (χ0) is 15.9. The molecule has 0 unspecified atom stereocenters. The number of likely N-dealkylation sites (N-methyl/N-ethyl adjacent to an activating group) is 1. The molecule has 0 spiro atoms. The maximum absolute atomic E-state index is 6.30. The van der Waals surface area contributed by atoms with Gasteiger partial charge in [-0.2, -0.15) is 0 Å². The highest BCUT2D eigenvalue weighted by Gasteiger charge is 2.16. The van der Waals surface area contributed by atoms with E-state index in [4.69, 9.17) is 16.3 Å². The van der Waals surface area contributed by atoms with Crippen LogP contribution in [0.2, 0.25) is 5.02 Å². The van der Waals surface area contributed by atoms with Gasteiger partial charge in [-0.05, 0) is 32.1 Å². The number of hydrogen-bond acceptors (Lipinski definition) is 4. The molecule has 1 aromatic carbocycles. The van der Waals surface area contributed by atoms with Crippen molar-refractivity contribution in [3.05, 3.63) is 22.7 Å². The standard InChI is InChI=1S/C17H28ClN3O/c1-4-20(5-2)10-11-22-17-13-15(18)12-16(14(17)3)21-8-6-19-7-9-21/h12-13,19H,4-11H2,1-3H3. The van der Waals surface area contributed by atoms with E-state index < -0.39 is 0 Å². The van der Waals surface area contributed by atoms with Gasteiger partial charge in [0.1, 0.15) is 12.4 Å². The second-order valence-corrected chi connectivity index (χ2v) is 6.10. The van der Waals surface area contributed by atoms with Crippen molar-refractivity contribution < 1.29 is 4.74 Å². The van der Waals surface area contributed by atoms with E-state index in [1.165, 1.54) is 11.3 Å². The highest BCUT2D eigenvalue weighted by Crippen LogP contribution is 2.33. The predicted molar refractivity (Wildman–Crippen MR) is 94.6 cm³/mol. The third-order valence-corrected chi connectivity index (χ3v) is 4.53. The van der Waals surface area contributed by atoms with Crippen molar-refractivity contribution in [3.8, 4) is 5.75 Å². The molecule has 1 aliphatic heterocycles. The summed E-state index contributed by atoms with van der Waals surface area (Å²) in [6.45, 7) is 14.3. The van der Waals surface area contributed by atoms with Gasteiger partial charge in [-0.25, -0.2) is 0 Å². The normalized spacial score (nSPS) is 15.4. The molecule has 22 heavy (non-hydrogen) atoms. The first-order valence-corrected chi connectivity index (χ1v) is 8.64. The molecule has 5 heteroatoms. The summed E-state index contributed by atoms with van der Waals surface area (Å²) in [7, 11) is 0.